The van der Waals surface area contributed by atoms with Gasteiger partial charge in [0.25, 0.3) is 5.91 Å². The van der Waals surface area contributed by atoms with Crippen LogP contribution < -0.4 is 5.32 Å². The second-order valence-electron chi connectivity index (χ2n) is 5.40. The Kier molecular flexibility index (Phi) is 4.95. The van der Waals surface area contributed by atoms with Gasteiger partial charge in [0.05, 0.1) is 6.10 Å². The number of carbonyl (C=O) groups excluding carboxylic acids is 1. The van der Waals surface area contributed by atoms with Crippen molar-refractivity contribution >= 4 is 11.6 Å². The largest absolute Gasteiger partial charge is 0.393 e. The summed E-state index contributed by atoms with van der Waals surface area (Å²) in [5.41, 5.74) is 1.40. The van der Waals surface area contributed by atoms with E-state index in [4.69, 9.17) is 0 Å². The smallest absolute Gasteiger partial charge is 0.272 e. The molecule has 1 amide bonds. The third kappa shape index (κ3) is 3.48. The molecular weight excluding hydrogens is 254 g/mol. The Hall–Kier alpha value is -1.62. The molecule has 1 fully saturated rings. The van der Waals surface area contributed by atoms with Crippen molar-refractivity contribution in [1.29, 1.82) is 0 Å². The lowest BCUT2D eigenvalue weighted by Crippen LogP contribution is -2.31. The average Bonchev–Trinajstić information content (AvgIpc) is 2.94. The molecule has 0 radical (unpaired) electrons. The summed E-state index contributed by atoms with van der Waals surface area (Å²) in [6, 6.07) is 3.67. The van der Waals surface area contributed by atoms with Crippen LogP contribution in [-0.2, 0) is 0 Å². The first-order chi connectivity index (χ1) is 9.61. The first-order valence-corrected chi connectivity index (χ1v) is 7.29. The lowest BCUT2D eigenvalue weighted by molar-refractivity contribution is 0.0757. The molecule has 2 N–H and O–H groups in total. The number of hydrogen-bond donors (Lipinski definition) is 2. The monoisotopic (exact) mass is 277 g/mol. The molecule has 0 aromatic carbocycles. The highest BCUT2D eigenvalue weighted by molar-refractivity contribution is 5.93. The molecule has 2 atom stereocenters. The van der Waals surface area contributed by atoms with Gasteiger partial charge in [0.15, 0.2) is 0 Å². The lowest BCUT2D eigenvalue weighted by atomic mass is 10.0. The summed E-state index contributed by atoms with van der Waals surface area (Å²) in [7, 11) is 0. The summed E-state index contributed by atoms with van der Waals surface area (Å²) in [6.45, 7) is 6.08. The molecular formula is C15H23N3O2. The van der Waals surface area contributed by atoms with Crippen LogP contribution in [0.5, 0.6) is 0 Å². The van der Waals surface area contributed by atoms with Gasteiger partial charge in [-0.15, -0.1) is 0 Å². The van der Waals surface area contributed by atoms with Crippen molar-refractivity contribution in [2.45, 2.75) is 32.8 Å². The Morgan fingerprint density at radius 1 is 1.65 bits per heavy atom. The fourth-order valence-electron chi connectivity index (χ4n) is 2.45. The molecule has 1 aliphatic heterocycles. The fourth-order valence-corrected chi connectivity index (χ4v) is 2.45. The van der Waals surface area contributed by atoms with E-state index >= 15 is 0 Å². The molecule has 1 aliphatic rings. The number of likely N-dealkylation sites (tertiary alicyclic amines) is 1. The van der Waals surface area contributed by atoms with Gasteiger partial charge in [0.2, 0.25) is 0 Å². The second-order valence-corrected chi connectivity index (χ2v) is 5.40. The summed E-state index contributed by atoms with van der Waals surface area (Å²) in [5, 5.41) is 12.9. The topological polar surface area (TPSA) is 65.5 Å². The van der Waals surface area contributed by atoms with Gasteiger partial charge in [-0.2, -0.15) is 0 Å². The SMILES string of the molecule is CCCNc1ccnc(C(=O)N2CCC(C(C)O)C2)c1. The number of carbonyl (C=O) groups is 1. The van der Waals surface area contributed by atoms with E-state index in [0.29, 0.717) is 18.8 Å². The molecule has 2 rings (SSSR count). The summed E-state index contributed by atoms with van der Waals surface area (Å²) < 4.78 is 0. The van der Waals surface area contributed by atoms with E-state index in [1.54, 1.807) is 24.1 Å². The first kappa shape index (κ1) is 14.8. The molecule has 0 aliphatic carbocycles. The zero-order valence-electron chi connectivity index (χ0n) is 12.2. The van der Waals surface area contributed by atoms with E-state index in [1.807, 2.05) is 6.07 Å². The Bertz CT molecular complexity index is 462. The van der Waals surface area contributed by atoms with E-state index in [1.165, 1.54) is 0 Å². The van der Waals surface area contributed by atoms with Crippen LogP contribution in [0.1, 0.15) is 37.2 Å². The number of aliphatic hydroxyl groups is 1. The van der Waals surface area contributed by atoms with Crippen molar-refractivity contribution in [2.24, 2.45) is 5.92 Å². The summed E-state index contributed by atoms with van der Waals surface area (Å²) in [6.07, 6.45) is 3.19. The Balaban J connectivity index is 2.02. The van der Waals surface area contributed by atoms with E-state index in [-0.39, 0.29) is 17.9 Å². The van der Waals surface area contributed by atoms with Gasteiger partial charge in [0, 0.05) is 37.4 Å². The van der Waals surface area contributed by atoms with Crippen molar-refractivity contribution in [2.75, 3.05) is 25.0 Å². The Labute approximate surface area is 120 Å². The quantitative estimate of drug-likeness (QED) is 0.860. The minimum Gasteiger partial charge on any atom is -0.393 e. The maximum Gasteiger partial charge on any atom is 0.272 e. The van der Waals surface area contributed by atoms with Crippen LogP contribution in [0.15, 0.2) is 18.3 Å². The molecule has 1 aromatic heterocycles. The summed E-state index contributed by atoms with van der Waals surface area (Å²) in [5.74, 6) is 0.133. The van der Waals surface area contributed by atoms with Crippen LogP contribution in [-0.4, -0.2) is 46.6 Å². The summed E-state index contributed by atoms with van der Waals surface area (Å²) in [4.78, 5) is 18.3. The van der Waals surface area contributed by atoms with Gasteiger partial charge in [-0.1, -0.05) is 6.92 Å². The molecule has 5 nitrogen and oxygen atoms in total. The van der Waals surface area contributed by atoms with Gasteiger partial charge in [-0.3, -0.25) is 9.78 Å². The van der Waals surface area contributed by atoms with Gasteiger partial charge in [-0.25, -0.2) is 0 Å². The molecule has 5 heteroatoms. The minimum absolute atomic E-state index is 0.0479. The van der Waals surface area contributed by atoms with E-state index in [0.717, 1.165) is 25.1 Å². The van der Waals surface area contributed by atoms with Crippen molar-refractivity contribution in [3.63, 3.8) is 0 Å². The summed E-state index contributed by atoms with van der Waals surface area (Å²) >= 11 is 0. The minimum atomic E-state index is -0.363. The molecule has 20 heavy (non-hydrogen) atoms. The highest BCUT2D eigenvalue weighted by atomic mass is 16.3. The van der Waals surface area contributed by atoms with Crippen LogP contribution in [0.4, 0.5) is 5.69 Å². The number of nitrogens with zero attached hydrogens (tertiary/aromatic N) is 2. The number of hydrogen-bond acceptors (Lipinski definition) is 4. The zero-order valence-corrected chi connectivity index (χ0v) is 12.2. The highest BCUT2D eigenvalue weighted by Gasteiger charge is 2.30. The zero-order chi connectivity index (χ0) is 14.5. The van der Waals surface area contributed by atoms with E-state index in [9.17, 15) is 9.90 Å². The number of amides is 1. The molecule has 0 spiro atoms. The van der Waals surface area contributed by atoms with Crippen LogP contribution in [0.3, 0.4) is 0 Å². The van der Waals surface area contributed by atoms with Crippen LogP contribution in [0, 0.1) is 5.92 Å². The maximum absolute atomic E-state index is 12.4. The highest BCUT2D eigenvalue weighted by Crippen LogP contribution is 2.21. The van der Waals surface area contributed by atoms with Crippen molar-refractivity contribution in [1.82, 2.24) is 9.88 Å². The van der Waals surface area contributed by atoms with Crippen molar-refractivity contribution in [3.8, 4) is 0 Å². The number of nitrogens with one attached hydrogen (secondary N) is 1. The van der Waals surface area contributed by atoms with Crippen LogP contribution in [0.2, 0.25) is 0 Å². The molecule has 0 bridgehead atoms. The third-order valence-corrected chi connectivity index (χ3v) is 3.75. The lowest BCUT2D eigenvalue weighted by Gasteiger charge is -2.17. The second kappa shape index (κ2) is 6.70. The molecule has 0 saturated carbocycles. The number of aliphatic hydroxyl groups excluding tert-OH is 1. The van der Waals surface area contributed by atoms with Gasteiger partial charge in [-0.05, 0) is 31.9 Å². The Morgan fingerprint density at radius 2 is 2.45 bits per heavy atom. The number of rotatable bonds is 5. The molecule has 2 heterocycles. The maximum atomic E-state index is 12.4. The standard InChI is InChI=1S/C15H23N3O2/c1-3-6-16-13-4-7-17-14(9-13)15(20)18-8-5-12(10-18)11(2)19/h4,7,9,11-12,19H,3,5-6,8,10H2,1-2H3,(H,16,17). The third-order valence-electron chi connectivity index (χ3n) is 3.75. The predicted molar refractivity (Wildman–Crippen MR) is 78.7 cm³/mol. The number of aromatic nitrogens is 1. The fraction of sp³-hybridized carbons (Fsp3) is 0.600. The van der Waals surface area contributed by atoms with E-state index in [2.05, 4.69) is 17.2 Å². The molecule has 2 unspecified atom stereocenters. The predicted octanol–water partition coefficient (Wildman–Crippen LogP) is 1.75. The van der Waals surface area contributed by atoms with Crippen LogP contribution >= 0.6 is 0 Å². The van der Waals surface area contributed by atoms with Gasteiger partial charge < -0.3 is 15.3 Å². The Morgan fingerprint density at radius 3 is 3.10 bits per heavy atom. The number of anilines is 1. The number of pyridine rings is 1. The molecule has 110 valence electrons. The van der Waals surface area contributed by atoms with Crippen LogP contribution in [0.25, 0.3) is 0 Å². The molecule has 1 aromatic rings. The average molecular weight is 277 g/mol. The normalized spacial score (nSPS) is 19.9. The van der Waals surface area contributed by atoms with Gasteiger partial charge in [0.1, 0.15) is 5.69 Å². The first-order valence-electron chi connectivity index (χ1n) is 7.29. The van der Waals surface area contributed by atoms with Crippen molar-refractivity contribution in [3.05, 3.63) is 24.0 Å². The van der Waals surface area contributed by atoms with Gasteiger partial charge >= 0.3 is 0 Å². The van der Waals surface area contributed by atoms with Crippen molar-refractivity contribution < 1.29 is 9.90 Å². The molecule has 1 saturated heterocycles. The van der Waals surface area contributed by atoms with E-state index < -0.39 is 0 Å².